The van der Waals surface area contributed by atoms with Gasteiger partial charge in [-0.2, -0.15) is 5.10 Å². The van der Waals surface area contributed by atoms with Gasteiger partial charge in [-0.3, -0.25) is 4.79 Å². The minimum absolute atomic E-state index is 0.0450. The fraction of sp³-hybridized carbons (Fsp3) is 0.429. The van der Waals surface area contributed by atoms with Crippen LogP contribution in [0.4, 0.5) is 10.9 Å². The van der Waals surface area contributed by atoms with Crippen molar-refractivity contribution in [1.29, 1.82) is 0 Å². The van der Waals surface area contributed by atoms with E-state index in [4.69, 9.17) is 0 Å². The highest BCUT2D eigenvalue weighted by Crippen LogP contribution is 2.23. The van der Waals surface area contributed by atoms with Crippen LogP contribution < -0.4 is 10.2 Å². The maximum atomic E-state index is 12.2. The molecule has 3 rings (SSSR count). The van der Waals surface area contributed by atoms with Crippen LogP contribution in [0.5, 0.6) is 0 Å². The quantitative estimate of drug-likeness (QED) is 0.940. The van der Waals surface area contributed by atoms with Crippen LogP contribution in [0.1, 0.15) is 18.5 Å². The van der Waals surface area contributed by atoms with E-state index in [2.05, 4.69) is 25.4 Å². The molecule has 21 heavy (non-hydrogen) atoms. The summed E-state index contributed by atoms with van der Waals surface area (Å²) >= 11 is 1.44. The van der Waals surface area contributed by atoms with Crippen molar-refractivity contribution in [3.8, 4) is 0 Å². The summed E-state index contributed by atoms with van der Waals surface area (Å²) in [5.41, 5.74) is 0.913. The van der Waals surface area contributed by atoms with Gasteiger partial charge in [-0.05, 0) is 31.9 Å². The Kier molecular flexibility index (Phi) is 4.10. The van der Waals surface area contributed by atoms with Crippen molar-refractivity contribution in [2.24, 2.45) is 5.92 Å². The minimum atomic E-state index is 0.0450. The van der Waals surface area contributed by atoms with E-state index in [-0.39, 0.29) is 11.8 Å². The Bertz CT molecular complexity index is 590. The van der Waals surface area contributed by atoms with Gasteiger partial charge < -0.3 is 10.2 Å². The van der Waals surface area contributed by atoms with Crippen LogP contribution in [0.3, 0.4) is 0 Å². The first-order valence-electron chi connectivity index (χ1n) is 6.98. The number of aromatic nitrogens is 3. The number of nitrogens with one attached hydrogen (secondary N) is 1. The smallest absolute Gasteiger partial charge is 0.229 e. The fourth-order valence-corrected chi connectivity index (χ4v) is 2.96. The zero-order valence-electron chi connectivity index (χ0n) is 11.8. The molecule has 110 valence electrons. The highest BCUT2D eigenvalue weighted by Gasteiger charge is 2.26. The maximum absolute atomic E-state index is 12.2. The average molecular weight is 303 g/mol. The summed E-state index contributed by atoms with van der Waals surface area (Å²) in [7, 11) is 0. The fourth-order valence-electron chi connectivity index (χ4n) is 2.42. The number of rotatable bonds is 3. The molecule has 0 bridgehead atoms. The Morgan fingerprint density at radius 1 is 1.33 bits per heavy atom. The molecule has 1 amide bonds. The molecule has 0 radical (unpaired) electrons. The molecule has 7 heteroatoms. The van der Waals surface area contributed by atoms with Crippen LogP contribution in [0.15, 0.2) is 23.7 Å². The first-order chi connectivity index (χ1) is 10.2. The lowest BCUT2D eigenvalue weighted by Gasteiger charge is -2.31. The largest absolute Gasteiger partial charge is 0.355 e. The molecule has 1 aliphatic rings. The van der Waals surface area contributed by atoms with Gasteiger partial charge in [0.2, 0.25) is 5.91 Å². The Morgan fingerprint density at radius 3 is 2.76 bits per heavy atom. The number of amides is 1. The Balaban J connectivity index is 1.55. The van der Waals surface area contributed by atoms with Gasteiger partial charge in [0.25, 0.3) is 0 Å². The Hall–Kier alpha value is -2.02. The summed E-state index contributed by atoms with van der Waals surface area (Å²) in [6, 6.07) is 3.95. The zero-order chi connectivity index (χ0) is 14.7. The third-order valence-electron chi connectivity index (χ3n) is 3.64. The molecular weight excluding hydrogens is 286 g/mol. The highest BCUT2D eigenvalue weighted by molar-refractivity contribution is 7.13. The van der Waals surface area contributed by atoms with Crippen molar-refractivity contribution in [3.05, 3.63) is 29.4 Å². The molecule has 0 aliphatic carbocycles. The summed E-state index contributed by atoms with van der Waals surface area (Å²) in [6.07, 6.45) is 3.35. The summed E-state index contributed by atoms with van der Waals surface area (Å²) in [5.74, 6) is 1.00. The van der Waals surface area contributed by atoms with Crippen molar-refractivity contribution in [2.45, 2.75) is 19.8 Å². The van der Waals surface area contributed by atoms with Gasteiger partial charge in [-0.1, -0.05) is 0 Å². The summed E-state index contributed by atoms with van der Waals surface area (Å²) in [4.78, 5) is 18.4. The molecule has 3 heterocycles. The maximum Gasteiger partial charge on any atom is 0.229 e. The molecule has 2 aromatic rings. The number of thiazole rings is 1. The molecule has 0 saturated carbocycles. The second-order valence-corrected chi connectivity index (χ2v) is 6.02. The number of piperidine rings is 1. The normalized spacial score (nSPS) is 16.0. The number of carbonyl (C=O) groups excluding carboxylic acids is 1. The van der Waals surface area contributed by atoms with Crippen LogP contribution in [0, 0.1) is 12.8 Å². The number of nitrogens with zero attached hydrogens (tertiary/aromatic N) is 4. The lowest BCUT2D eigenvalue weighted by Crippen LogP contribution is -2.38. The Labute approximate surface area is 127 Å². The van der Waals surface area contributed by atoms with Gasteiger partial charge in [-0.15, -0.1) is 16.4 Å². The third-order valence-corrected chi connectivity index (χ3v) is 4.32. The second kappa shape index (κ2) is 6.17. The van der Waals surface area contributed by atoms with Gasteiger partial charge in [0.15, 0.2) is 10.9 Å². The topological polar surface area (TPSA) is 71.0 Å². The SMILES string of the molecule is Cc1ccc(N2CCC(C(=O)Nc3nccs3)CC2)nn1. The summed E-state index contributed by atoms with van der Waals surface area (Å²) in [5, 5.41) is 13.7. The lowest BCUT2D eigenvalue weighted by atomic mass is 9.96. The molecule has 1 fully saturated rings. The number of hydrogen-bond donors (Lipinski definition) is 1. The molecule has 6 nitrogen and oxygen atoms in total. The molecule has 0 aromatic carbocycles. The van der Waals surface area contributed by atoms with Gasteiger partial charge in [0, 0.05) is 30.6 Å². The van der Waals surface area contributed by atoms with Crippen molar-refractivity contribution in [3.63, 3.8) is 0 Å². The van der Waals surface area contributed by atoms with Crippen LogP contribution in [-0.2, 0) is 4.79 Å². The Morgan fingerprint density at radius 2 is 2.14 bits per heavy atom. The monoisotopic (exact) mass is 303 g/mol. The van der Waals surface area contributed by atoms with E-state index in [1.165, 1.54) is 11.3 Å². The molecule has 1 aliphatic heterocycles. The van der Waals surface area contributed by atoms with Gasteiger partial charge in [0.05, 0.1) is 5.69 Å². The number of anilines is 2. The van der Waals surface area contributed by atoms with Crippen LogP contribution in [-0.4, -0.2) is 34.2 Å². The van der Waals surface area contributed by atoms with Crippen molar-refractivity contribution in [2.75, 3.05) is 23.3 Å². The molecule has 0 unspecified atom stereocenters. The van der Waals surface area contributed by atoms with Gasteiger partial charge in [-0.25, -0.2) is 4.98 Å². The van der Waals surface area contributed by atoms with Crippen molar-refractivity contribution in [1.82, 2.24) is 15.2 Å². The lowest BCUT2D eigenvalue weighted by molar-refractivity contribution is -0.120. The van der Waals surface area contributed by atoms with E-state index in [0.29, 0.717) is 5.13 Å². The first-order valence-corrected chi connectivity index (χ1v) is 7.86. The van der Waals surface area contributed by atoms with Crippen molar-refractivity contribution >= 4 is 28.2 Å². The molecule has 0 spiro atoms. The van der Waals surface area contributed by atoms with E-state index >= 15 is 0 Å². The van der Waals surface area contributed by atoms with E-state index in [9.17, 15) is 4.79 Å². The highest BCUT2D eigenvalue weighted by atomic mass is 32.1. The molecule has 1 saturated heterocycles. The predicted octanol–water partition coefficient (Wildman–Crippen LogP) is 2.10. The second-order valence-electron chi connectivity index (χ2n) is 5.12. The number of hydrogen-bond acceptors (Lipinski definition) is 6. The molecule has 1 N–H and O–H groups in total. The third kappa shape index (κ3) is 3.36. The zero-order valence-corrected chi connectivity index (χ0v) is 12.6. The van der Waals surface area contributed by atoms with Crippen LogP contribution in [0.2, 0.25) is 0 Å². The molecule has 2 aromatic heterocycles. The standard InChI is InChI=1S/C14H17N5OS/c1-10-2-3-12(18-17-10)19-7-4-11(5-8-19)13(20)16-14-15-6-9-21-14/h2-3,6,9,11H,4-5,7-8H2,1H3,(H,15,16,20). The van der Waals surface area contributed by atoms with Gasteiger partial charge >= 0.3 is 0 Å². The van der Waals surface area contributed by atoms with E-state index in [0.717, 1.165) is 37.4 Å². The summed E-state index contributed by atoms with van der Waals surface area (Å²) in [6.45, 7) is 3.58. The van der Waals surface area contributed by atoms with Crippen LogP contribution >= 0.6 is 11.3 Å². The predicted molar refractivity (Wildman–Crippen MR) is 82.4 cm³/mol. The number of aryl methyl sites for hydroxylation is 1. The minimum Gasteiger partial charge on any atom is -0.355 e. The van der Waals surface area contributed by atoms with E-state index in [1.54, 1.807) is 6.20 Å². The first kappa shape index (κ1) is 13.9. The molecule has 0 atom stereocenters. The molecular formula is C14H17N5OS. The van der Waals surface area contributed by atoms with Crippen molar-refractivity contribution < 1.29 is 4.79 Å². The average Bonchev–Trinajstić information content (AvgIpc) is 3.01. The van der Waals surface area contributed by atoms with Gasteiger partial charge in [0.1, 0.15) is 0 Å². The van der Waals surface area contributed by atoms with E-state index < -0.39 is 0 Å². The van der Waals surface area contributed by atoms with E-state index in [1.807, 2.05) is 24.4 Å². The van der Waals surface area contributed by atoms with Crippen LogP contribution in [0.25, 0.3) is 0 Å². The summed E-state index contributed by atoms with van der Waals surface area (Å²) < 4.78 is 0. The number of carbonyl (C=O) groups is 1.